The van der Waals surface area contributed by atoms with Gasteiger partial charge in [-0.15, -0.1) is 10.2 Å². The average molecular weight is 320 g/mol. The Morgan fingerprint density at radius 1 is 1.21 bits per heavy atom. The van der Waals surface area contributed by atoms with Crippen LogP contribution in [0.4, 0.5) is 11.6 Å². The molecule has 0 aliphatic carbocycles. The summed E-state index contributed by atoms with van der Waals surface area (Å²) in [5.41, 5.74) is 0. The van der Waals surface area contributed by atoms with Crippen molar-refractivity contribution in [2.24, 2.45) is 10.2 Å². The van der Waals surface area contributed by atoms with Crippen LogP contribution in [0.1, 0.15) is 0 Å². The molecular formula is C6H4Br2N6. The number of aromatic nitrogens is 4. The molecule has 0 fully saturated rings. The number of hydrogen-bond donors (Lipinski definition) is 2. The van der Waals surface area contributed by atoms with Crippen LogP contribution in [-0.4, -0.2) is 20.4 Å². The van der Waals surface area contributed by atoms with Crippen molar-refractivity contribution in [3.63, 3.8) is 0 Å². The topological polar surface area (TPSA) is 82.1 Å². The van der Waals surface area contributed by atoms with Gasteiger partial charge < -0.3 is 0 Å². The molecule has 2 rings (SSSR count). The number of nitrogens with one attached hydrogen (secondary N) is 2. The van der Waals surface area contributed by atoms with Crippen molar-refractivity contribution >= 4 is 43.5 Å². The summed E-state index contributed by atoms with van der Waals surface area (Å²) in [6.07, 6.45) is 1.60. The van der Waals surface area contributed by atoms with Gasteiger partial charge in [0.1, 0.15) is 4.60 Å². The monoisotopic (exact) mass is 318 g/mol. The molecule has 2 aromatic heterocycles. The van der Waals surface area contributed by atoms with E-state index in [1.54, 1.807) is 12.3 Å². The molecule has 2 heterocycles. The summed E-state index contributed by atoms with van der Waals surface area (Å²) in [5, 5.41) is 20.8. The Kier molecular flexibility index (Phi) is 2.73. The molecule has 8 heteroatoms. The molecule has 0 saturated heterocycles. The first-order chi connectivity index (χ1) is 6.77. The van der Waals surface area contributed by atoms with Crippen LogP contribution in [0.5, 0.6) is 0 Å². The highest BCUT2D eigenvalue weighted by Gasteiger charge is 2.06. The molecule has 0 spiro atoms. The highest BCUT2D eigenvalue weighted by molar-refractivity contribution is 9.13. The lowest BCUT2D eigenvalue weighted by Crippen LogP contribution is -1.65. The van der Waals surface area contributed by atoms with E-state index >= 15 is 0 Å². The van der Waals surface area contributed by atoms with Crippen molar-refractivity contribution in [3.8, 4) is 0 Å². The van der Waals surface area contributed by atoms with Gasteiger partial charge in [-0.05, 0) is 31.9 Å². The van der Waals surface area contributed by atoms with Gasteiger partial charge in [-0.3, -0.25) is 10.2 Å². The second kappa shape index (κ2) is 4.01. The Balaban J connectivity index is 2.23. The zero-order chi connectivity index (χ0) is 9.97. The Labute approximate surface area is 95.5 Å². The van der Waals surface area contributed by atoms with Crippen molar-refractivity contribution in [2.75, 3.05) is 0 Å². The Morgan fingerprint density at radius 2 is 2.07 bits per heavy atom. The number of halogens is 2. The SMILES string of the molecule is Brc1[nH]nc(N=Nc2ccn[nH]2)c1Br. The van der Waals surface area contributed by atoms with Gasteiger partial charge in [-0.1, -0.05) is 0 Å². The van der Waals surface area contributed by atoms with Crippen LogP contribution in [-0.2, 0) is 0 Å². The summed E-state index contributed by atoms with van der Waals surface area (Å²) in [6.45, 7) is 0. The predicted octanol–water partition coefficient (Wildman–Crippen LogP) is 3.07. The van der Waals surface area contributed by atoms with Crippen molar-refractivity contribution in [1.82, 2.24) is 20.4 Å². The minimum Gasteiger partial charge on any atom is -0.268 e. The molecule has 72 valence electrons. The van der Waals surface area contributed by atoms with Gasteiger partial charge in [0, 0.05) is 6.07 Å². The molecule has 0 atom stereocenters. The van der Waals surface area contributed by atoms with E-state index in [9.17, 15) is 0 Å². The number of H-pyrrole nitrogens is 2. The van der Waals surface area contributed by atoms with Gasteiger partial charge in [0.05, 0.1) is 10.7 Å². The van der Waals surface area contributed by atoms with Gasteiger partial charge in [-0.2, -0.15) is 10.2 Å². The minimum atomic E-state index is 0.478. The van der Waals surface area contributed by atoms with E-state index in [0.29, 0.717) is 11.6 Å². The number of rotatable bonds is 2. The maximum atomic E-state index is 3.90. The fraction of sp³-hybridized carbons (Fsp3) is 0. The quantitative estimate of drug-likeness (QED) is 0.834. The molecule has 14 heavy (non-hydrogen) atoms. The summed E-state index contributed by atoms with van der Waals surface area (Å²) < 4.78 is 1.47. The van der Waals surface area contributed by atoms with Gasteiger partial charge in [-0.25, -0.2) is 0 Å². The maximum absolute atomic E-state index is 3.90. The molecule has 0 aliphatic heterocycles. The molecule has 6 nitrogen and oxygen atoms in total. The summed E-state index contributed by atoms with van der Waals surface area (Å²) >= 11 is 6.54. The van der Waals surface area contributed by atoms with Gasteiger partial charge in [0.2, 0.25) is 5.82 Å². The van der Waals surface area contributed by atoms with Crippen LogP contribution in [0, 0.1) is 0 Å². The van der Waals surface area contributed by atoms with Crippen LogP contribution in [0.3, 0.4) is 0 Å². The molecule has 0 aliphatic rings. The largest absolute Gasteiger partial charge is 0.268 e. The third-order valence-electron chi connectivity index (χ3n) is 1.39. The summed E-state index contributed by atoms with van der Waals surface area (Å²) in [6, 6.07) is 1.71. The maximum Gasteiger partial charge on any atom is 0.210 e. The minimum absolute atomic E-state index is 0.478. The molecule has 0 radical (unpaired) electrons. The molecule has 0 unspecified atom stereocenters. The van der Waals surface area contributed by atoms with Crippen LogP contribution in [0.15, 0.2) is 31.6 Å². The number of azo groups is 1. The lowest BCUT2D eigenvalue weighted by atomic mass is 10.6. The lowest BCUT2D eigenvalue weighted by molar-refractivity contribution is 1.02. The Morgan fingerprint density at radius 3 is 2.64 bits per heavy atom. The summed E-state index contributed by atoms with van der Waals surface area (Å²) in [7, 11) is 0. The highest BCUT2D eigenvalue weighted by Crippen LogP contribution is 2.30. The third-order valence-corrected chi connectivity index (χ3v) is 3.24. The molecule has 0 bridgehead atoms. The van der Waals surface area contributed by atoms with E-state index in [2.05, 4.69) is 62.5 Å². The standard InChI is InChI=1S/C6H4Br2N6/c7-4-5(8)12-14-6(4)13-11-3-1-2-9-10-3/h1-2H,(H,9,10)(H,12,14). The van der Waals surface area contributed by atoms with Crippen molar-refractivity contribution in [2.45, 2.75) is 0 Å². The van der Waals surface area contributed by atoms with E-state index in [4.69, 9.17) is 0 Å². The fourth-order valence-corrected chi connectivity index (χ4v) is 1.29. The zero-order valence-corrected chi connectivity index (χ0v) is 9.87. The molecular weight excluding hydrogens is 316 g/mol. The van der Waals surface area contributed by atoms with Gasteiger partial charge >= 0.3 is 0 Å². The number of nitrogens with zero attached hydrogens (tertiary/aromatic N) is 4. The first kappa shape index (κ1) is 9.53. The molecule has 2 N–H and O–H groups in total. The molecule has 0 aromatic carbocycles. The van der Waals surface area contributed by atoms with Crippen LogP contribution in [0.2, 0.25) is 0 Å². The fourth-order valence-electron chi connectivity index (χ4n) is 0.770. The van der Waals surface area contributed by atoms with E-state index in [-0.39, 0.29) is 0 Å². The molecule has 0 saturated carbocycles. The summed E-state index contributed by atoms with van der Waals surface area (Å²) in [5.74, 6) is 1.06. The Hall–Kier alpha value is -1.02. The van der Waals surface area contributed by atoms with Crippen molar-refractivity contribution in [1.29, 1.82) is 0 Å². The highest BCUT2D eigenvalue weighted by atomic mass is 79.9. The smallest absolute Gasteiger partial charge is 0.210 e. The predicted molar refractivity (Wildman–Crippen MR) is 56.8 cm³/mol. The Bertz CT molecular complexity index is 445. The number of hydrogen-bond acceptors (Lipinski definition) is 4. The van der Waals surface area contributed by atoms with Gasteiger partial charge in [0.15, 0.2) is 5.82 Å². The second-order valence-corrected chi connectivity index (χ2v) is 3.90. The zero-order valence-electron chi connectivity index (χ0n) is 6.70. The van der Waals surface area contributed by atoms with Crippen LogP contribution in [0.25, 0.3) is 0 Å². The number of aromatic amines is 2. The lowest BCUT2D eigenvalue weighted by Gasteiger charge is -1.84. The van der Waals surface area contributed by atoms with Crippen molar-refractivity contribution < 1.29 is 0 Å². The van der Waals surface area contributed by atoms with E-state index < -0.39 is 0 Å². The first-order valence-corrected chi connectivity index (χ1v) is 5.16. The van der Waals surface area contributed by atoms with E-state index in [0.717, 1.165) is 9.08 Å². The van der Waals surface area contributed by atoms with Gasteiger partial charge in [0.25, 0.3) is 0 Å². The van der Waals surface area contributed by atoms with Crippen LogP contribution >= 0.6 is 31.9 Å². The van der Waals surface area contributed by atoms with E-state index in [1.807, 2.05) is 0 Å². The van der Waals surface area contributed by atoms with Crippen molar-refractivity contribution in [3.05, 3.63) is 21.3 Å². The summed E-state index contributed by atoms with van der Waals surface area (Å²) in [4.78, 5) is 0. The molecule has 2 aromatic rings. The van der Waals surface area contributed by atoms with Crippen LogP contribution < -0.4 is 0 Å². The average Bonchev–Trinajstić information content (AvgIpc) is 2.77. The second-order valence-electron chi connectivity index (χ2n) is 2.32. The van der Waals surface area contributed by atoms with E-state index in [1.165, 1.54) is 0 Å². The third kappa shape index (κ3) is 1.90. The molecule has 0 amide bonds. The normalized spacial score (nSPS) is 11.3. The first-order valence-electron chi connectivity index (χ1n) is 3.58.